The predicted octanol–water partition coefficient (Wildman–Crippen LogP) is 3.21. The lowest BCUT2D eigenvalue weighted by Crippen LogP contribution is -2.47. The Labute approximate surface area is 126 Å². The number of carbonyl (C=O) groups is 2. The average molecular weight is 291 g/mol. The van der Waals surface area contributed by atoms with Crippen LogP contribution in [0.1, 0.15) is 51.4 Å². The first-order valence-electron chi connectivity index (χ1n) is 7.11. The summed E-state index contributed by atoms with van der Waals surface area (Å²) in [6, 6.07) is 6.86. The third-order valence-corrected chi connectivity index (χ3v) is 2.85. The molecule has 0 fully saturated rings. The molecule has 0 atom stereocenters. The van der Waals surface area contributed by atoms with Crippen LogP contribution in [0.5, 0.6) is 5.75 Å². The van der Waals surface area contributed by atoms with Gasteiger partial charge in [0.2, 0.25) is 0 Å². The molecule has 1 rings (SSSR count). The van der Waals surface area contributed by atoms with Crippen molar-refractivity contribution in [2.24, 2.45) is 5.41 Å². The summed E-state index contributed by atoms with van der Waals surface area (Å²) < 4.78 is 5.42. The van der Waals surface area contributed by atoms with Crippen molar-refractivity contribution >= 4 is 12.2 Å². The summed E-state index contributed by atoms with van der Waals surface area (Å²) in [7, 11) is 0. The molecule has 4 heteroatoms. The number of aldehydes is 1. The van der Waals surface area contributed by atoms with Crippen LogP contribution in [0, 0.1) is 5.41 Å². The van der Waals surface area contributed by atoms with Crippen LogP contribution in [-0.2, 0) is 4.79 Å². The first kappa shape index (κ1) is 17.2. The number of benzene rings is 1. The van der Waals surface area contributed by atoms with Crippen LogP contribution in [0.2, 0.25) is 0 Å². The Balaban J connectivity index is 2.56. The third-order valence-electron chi connectivity index (χ3n) is 2.85. The van der Waals surface area contributed by atoms with Crippen molar-refractivity contribution in [2.75, 3.05) is 6.61 Å². The molecule has 0 radical (unpaired) electrons. The fourth-order valence-corrected chi connectivity index (χ4v) is 2.64. The highest BCUT2D eigenvalue weighted by atomic mass is 16.5. The average Bonchev–Trinajstić information content (AvgIpc) is 2.33. The number of nitrogens with one attached hydrogen (secondary N) is 1. The zero-order valence-electron chi connectivity index (χ0n) is 13.5. The van der Waals surface area contributed by atoms with Gasteiger partial charge in [-0.05, 0) is 37.8 Å². The molecule has 0 aliphatic rings. The number of hydrogen-bond donors (Lipinski definition) is 1. The summed E-state index contributed by atoms with van der Waals surface area (Å²) in [6.07, 6.45) is 1.58. The van der Waals surface area contributed by atoms with Gasteiger partial charge >= 0.3 is 0 Å². The molecule has 1 aromatic carbocycles. The molecular weight excluding hydrogens is 266 g/mol. The van der Waals surface area contributed by atoms with Gasteiger partial charge in [-0.25, -0.2) is 0 Å². The van der Waals surface area contributed by atoms with E-state index in [2.05, 4.69) is 26.1 Å². The van der Waals surface area contributed by atoms with Crippen LogP contribution in [0.3, 0.4) is 0 Å². The highest BCUT2D eigenvalue weighted by molar-refractivity contribution is 5.81. The zero-order valence-corrected chi connectivity index (χ0v) is 13.5. The van der Waals surface area contributed by atoms with Gasteiger partial charge in [0.15, 0.2) is 12.9 Å². The second-order valence-corrected chi connectivity index (χ2v) is 7.11. The number of para-hydroxylation sites is 1. The molecule has 1 N–H and O–H groups in total. The van der Waals surface area contributed by atoms with Gasteiger partial charge in [-0.3, -0.25) is 9.59 Å². The second kappa shape index (κ2) is 6.74. The number of hydrogen-bond acceptors (Lipinski definition) is 3. The van der Waals surface area contributed by atoms with E-state index in [0.717, 1.165) is 12.7 Å². The van der Waals surface area contributed by atoms with Gasteiger partial charge < -0.3 is 10.1 Å². The lowest BCUT2D eigenvalue weighted by atomic mass is 9.82. The van der Waals surface area contributed by atoms with Crippen LogP contribution in [-0.4, -0.2) is 24.3 Å². The van der Waals surface area contributed by atoms with E-state index in [1.807, 2.05) is 13.8 Å². The standard InChI is InChI=1S/C17H25NO3/c1-16(2,3)12-17(4,5)18-15(20)11-21-14-9-7-6-8-13(14)10-19/h6-10H,11-12H2,1-5H3,(H,18,20). The van der Waals surface area contributed by atoms with Gasteiger partial charge in [-0.15, -0.1) is 0 Å². The van der Waals surface area contributed by atoms with Crippen LogP contribution >= 0.6 is 0 Å². The molecule has 0 saturated carbocycles. The van der Waals surface area contributed by atoms with Crippen molar-refractivity contribution in [1.29, 1.82) is 0 Å². The van der Waals surface area contributed by atoms with E-state index in [-0.39, 0.29) is 23.5 Å². The minimum absolute atomic E-state index is 0.0988. The molecule has 4 nitrogen and oxygen atoms in total. The lowest BCUT2D eigenvalue weighted by molar-refractivity contribution is -0.125. The van der Waals surface area contributed by atoms with Gasteiger partial charge in [0.05, 0.1) is 5.56 Å². The van der Waals surface area contributed by atoms with Crippen LogP contribution < -0.4 is 10.1 Å². The van der Waals surface area contributed by atoms with Crippen LogP contribution in [0.15, 0.2) is 24.3 Å². The van der Waals surface area contributed by atoms with E-state index >= 15 is 0 Å². The number of rotatable bonds is 6. The molecule has 0 aliphatic heterocycles. The van der Waals surface area contributed by atoms with E-state index in [4.69, 9.17) is 4.74 Å². The van der Waals surface area contributed by atoms with Crippen molar-refractivity contribution < 1.29 is 14.3 Å². The second-order valence-electron chi connectivity index (χ2n) is 7.11. The molecule has 0 unspecified atom stereocenters. The van der Waals surface area contributed by atoms with Crippen LogP contribution in [0.25, 0.3) is 0 Å². The quantitative estimate of drug-likeness (QED) is 0.819. The summed E-state index contributed by atoms with van der Waals surface area (Å²) in [5, 5.41) is 2.97. The summed E-state index contributed by atoms with van der Waals surface area (Å²) in [6.45, 7) is 10.3. The molecule has 0 spiro atoms. The first-order valence-corrected chi connectivity index (χ1v) is 7.11. The topological polar surface area (TPSA) is 55.4 Å². The molecule has 0 bridgehead atoms. The minimum Gasteiger partial charge on any atom is -0.483 e. The molecule has 0 aromatic heterocycles. The molecular formula is C17H25NO3. The number of amides is 1. The smallest absolute Gasteiger partial charge is 0.258 e. The Morgan fingerprint density at radius 1 is 1.19 bits per heavy atom. The first-order chi connectivity index (χ1) is 9.63. The summed E-state index contributed by atoms with van der Waals surface area (Å²) in [4.78, 5) is 22.9. The Bertz CT molecular complexity index is 501. The lowest BCUT2D eigenvalue weighted by Gasteiger charge is -2.33. The maximum Gasteiger partial charge on any atom is 0.258 e. The van der Waals surface area contributed by atoms with E-state index in [9.17, 15) is 9.59 Å². The predicted molar refractivity (Wildman–Crippen MR) is 83.6 cm³/mol. The Kier molecular flexibility index (Phi) is 5.53. The van der Waals surface area contributed by atoms with Crippen molar-refractivity contribution in [3.05, 3.63) is 29.8 Å². The molecule has 0 aliphatic carbocycles. The zero-order chi connectivity index (χ0) is 16.1. The van der Waals surface area contributed by atoms with Crippen molar-refractivity contribution in [1.82, 2.24) is 5.32 Å². The van der Waals surface area contributed by atoms with E-state index < -0.39 is 0 Å². The summed E-state index contributed by atoms with van der Waals surface area (Å²) >= 11 is 0. The van der Waals surface area contributed by atoms with Crippen molar-refractivity contribution in [3.8, 4) is 5.75 Å². The maximum absolute atomic E-state index is 12.0. The summed E-state index contributed by atoms with van der Waals surface area (Å²) in [5.74, 6) is 0.237. The Morgan fingerprint density at radius 3 is 2.38 bits per heavy atom. The van der Waals surface area contributed by atoms with Gasteiger partial charge in [-0.1, -0.05) is 32.9 Å². The number of ether oxygens (including phenoxy) is 1. The summed E-state index contributed by atoms with van der Waals surface area (Å²) in [5.41, 5.74) is 0.268. The molecule has 1 aromatic rings. The minimum atomic E-state index is -0.303. The van der Waals surface area contributed by atoms with Gasteiger partial charge in [-0.2, -0.15) is 0 Å². The normalized spacial score (nSPS) is 11.9. The fraction of sp³-hybridized carbons (Fsp3) is 0.529. The maximum atomic E-state index is 12.0. The Hall–Kier alpha value is -1.84. The van der Waals surface area contributed by atoms with E-state index in [1.165, 1.54) is 0 Å². The molecule has 0 heterocycles. The molecule has 1 amide bonds. The highest BCUT2D eigenvalue weighted by Crippen LogP contribution is 2.26. The van der Waals surface area contributed by atoms with Gasteiger partial charge in [0.25, 0.3) is 5.91 Å². The van der Waals surface area contributed by atoms with E-state index in [1.54, 1.807) is 24.3 Å². The van der Waals surface area contributed by atoms with Gasteiger partial charge in [0.1, 0.15) is 5.75 Å². The van der Waals surface area contributed by atoms with Crippen molar-refractivity contribution in [3.63, 3.8) is 0 Å². The van der Waals surface area contributed by atoms with Crippen LogP contribution in [0.4, 0.5) is 0 Å². The largest absolute Gasteiger partial charge is 0.483 e. The molecule has 0 saturated heterocycles. The van der Waals surface area contributed by atoms with Crippen molar-refractivity contribution in [2.45, 2.75) is 46.6 Å². The Morgan fingerprint density at radius 2 is 1.81 bits per heavy atom. The molecule has 21 heavy (non-hydrogen) atoms. The highest BCUT2D eigenvalue weighted by Gasteiger charge is 2.27. The SMILES string of the molecule is CC(C)(C)CC(C)(C)NC(=O)COc1ccccc1C=O. The van der Waals surface area contributed by atoms with E-state index in [0.29, 0.717) is 11.3 Å². The van der Waals surface area contributed by atoms with Gasteiger partial charge in [0, 0.05) is 5.54 Å². The monoisotopic (exact) mass is 291 g/mol. The molecule has 116 valence electrons. The third kappa shape index (κ3) is 6.43. The fourth-order valence-electron chi connectivity index (χ4n) is 2.64. The number of carbonyl (C=O) groups excluding carboxylic acids is 2.